The molecule has 1 amide bonds. The summed E-state index contributed by atoms with van der Waals surface area (Å²) in [5, 5.41) is 14.7. The predicted octanol–water partition coefficient (Wildman–Crippen LogP) is 4.44. The SMILES string of the molecule is CC(C)(C)c1ccc2c(c1)O[C@@H](C(=O)N/N=C\c1ccc(-c3ccc([N+](=O)[O-])cc3)o1)CO2. The molecule has 0 radical (unpaired) electrons. The normalized spacial score (nSPS) is 15.4. The van der Waals surface area contributed by atoms with E-state index in [0.717, 1.165) is 5.56 Å². The number of carbonyl (C=O) groups excluding carboxylic acids is 1. The monoisotopic (exact) mass is 449 g/mol. The van der Waals surface area contributed by atoms with Crippen molar-refractivity contribution in [3.8, 4) is 22.8 Å². The molecular formula is C24H23N3O6. The highest BCUT2D eigenvalue weighted by Crippen LogP contribution is 2.36. The predicted molar refractivity (Wildman–Crippen MR) is 122 cm³/mol. The summed E-state index contributed by atoms with van der Waals surface area (Å²) in [6.07, 6.45) is 0.527. The Labute approximate surface area is 190 Å². The summed E-state index contributed by atoms with van der Waals surface area (Å²) < 4.78 is 17.2. The van der Waals surface area contributed by atoms with Gasteiger partial charge in [0.05, 0.1) is 11.1 Å². The molecule has 0 unspecified atom stereocenters. The van der Waals surface area contributed by atoms with E-state index in [0.29, 0.717) is 28.6 Å². The lowest BCUT2D eigenvalue weighted by atomic mass is 9.87. The number of furan rings is 1. The van der Waals surface area contributed by atoms with Crippen LogP contribution in [0.1, 0.15) is 32.1 Å². The Morgan fingerprint density at radius 2 is 1.88 bits per heavy atom. The summed E-state index contributed by atoms with van der Waals surface area (Å²) >= 11 is 0. The molecule has 0 spiro atoms. The van der Waals surface area contributed by atoms with E-state index in [4.69, 9.17) is 13.9 Å². The maximum atomic E-state index is 12.5. The lowest BCUT2D eigenvalue weighted by molar-refractivity contribution is -0.384. The van der Waals surface area contributed by atoms with Crippen LogP contribution in [0.15, 0.2) is 64.1 Å². The molecule has 9 nitrogen and oxygen atoms in total. The second-order valence-corrected chi connectivity index (χ2v) is 8.57. The molecule has 1 atom stereocenters. The van der Waals surface area contributed by atoms with Gasteiger partial charge in [0.15, 0.2) is 11.5 Å². The highest BCUT2D eigenvalue weighted by Gasteiger charge is 2.28. The molecule has 3 aromatic rings. The van der Waals surface area contributed by atoms with Crippen molar-refractivity contribution in [2.45, 2.75) is 32.3 Å². The molecule has 170 valence electrons. The summed E-state index contributed by atoms with van der Waals surface area (Å²) in [5.41, 5.74) is 4.14. The maximum Gasteiger partial charge on any atom is 0.284 e. The van der Waals surface area contributed by atoms with Gasteiger partial charge in [-0.25, -0.2) is 5.43 Å². The van der Waals surface area contributed by atoms with Gasteiger partial charge in [-0.1, -0.05) is 26.8 Å². The van der Waals surface area contributed by atoms with E-state index in [2.05, 4.69) is 31.3 Å². The molecule has 4 rings (SSSR count). The van der Waals surface area contributed by atoms with Gasteiger partial charge in [0.1, 0.15) is 18.1 Å². The minimum absolute atomic E-state index is 0.000897. The molecule has 0 saturated heterocycles. The largest absolute Gasteiger partial charge is 0.485 e. The van der Waals surface area contributed by atoms with Gasteiger partial charge in [-0.2, -0.15) is 5.10 Å². The highest BCUT2D eigenvalue weighted by atomic mass is 16.6. The number of amides is 1. The number of rotatable bonds is 5. The molecule has 1 N–H and O–H groups in total. The van der Waals surface area contributed by atoms with Crippen LogP contribution in [-0.2, 0) is 10.2 Å². The molecule has 33 heavy (non-hydrogen) atoms. The van der Waals surface area contributed by atoms with Gasteiger partial charge in [0, 0.05) is 17.7 Å². The van der Waals surface area contributed by atoms with Gasteiger partial charge >= 0.3 is 0 Å². The van der Waals surface area contributed by atoms with Gasteiger partial charge < -0.3 is 13.9 Å². The van der Waals surface area contributed by atoms with Gasteiger partial charge in [-0.05, 0) is 47.4 Å². The van der Waals surface area contributed by atoms with Crippen molar-refractivity contribution in [2.24, 2.45) is 5.10 Å². The number of nitro groups is 1. The number of fused-ring (bicyclic) bond motifs is 1. The Balaban J connectivity index is 1.37. The smallest absolute Gasteiger partial charge is 0.284 e. The lowest BCUT2D eigenvalue weighted by Gasteiger charge is -2.27. The zero-order chi connectivity index (χ0) is 23.6. The molecule has 2 aromatic carbocycles. The van der Waals surface area contributed by atoms with E-state index in [1.165, 1.54) is 18.3 Å². The van der Waals surface area contributed by atoms with Crippen LogP contribution in [0.25, 0.3) is 11.3 Å². The van der Waals surface area contributed by atoms with E-state index < -0.39 is 16.9 Å². The molecule has 0 saturated carbocycles. The number of nitrogens with one attached hydrogen (secondary N) is 1. The van der Waals surface area contributed by atoms with E-state index in [9.17, 15) is 14.9 Å². The topological polar surface area (TPSA) is 116 Å². The first-order valence-corrected chi connectivity index (χ1v) is 10.3. The Kier molecular flexibility index (Phi) is 5.87. The number of non-ortho nitro benzene ring substituents is 1. The van der Waals surface area contributed by atoms with E-state index in [1.807, 2.05) is 18.2 Å². The zero-order valence-electron chi connectivity index (χ0n) is 18.4. The standard InChI is InChI=1S/C24H23N3O6/c1-24(2,3)16-6-10-20-21(12-16)33-22(14-31-20)23(28)26-25-13-18-9-11-19(32-18)15-4-7-17(8-5-15)27(29)30/h4-13,22H,14H2,1-3H3,(H,26,28)/b25-13-/t22-/m1/s1. The van der Waals surface area contributed by atoms with Crippen molar-refractivity contribution in [2.75, 3.05) is 6.61 Å². The third kappa shape index (κ3) is 5.03. The number of nitro benzene ring substituents is 1. The number of hydrogen-bond donors (Lipinski definition) is 1. The number of hydrogen-bond acceptors (Lipinski definition) is 7. The van der Waals surface area contributed by atoms with Crippen LogP contribution >= 0.6 is 0 Å². The number of ether oxygens (including phenoxy) is 2. The van der Waals surface area contributed by atoms with Gasteiger partial charge in [-0.15, -0.1) is 0 Å². The third-order valence-corrected chi connectivity index (χ3v) is 5.12. The first-order chi connectivity index (χ1) is 15.7. The van der Waals surface area contributed by atoms with Gasteiger partial charge in [0.2, 0.25) is 6.10 Å². The summed E-state index contributed by atoms with van der Waals surface area (Å²) in [6, 6.07) is 15.1. The minimum Gasteiger partial charge on any atom is -0.485 e. The van der Waals surface area contributed by atoms with Crippen LogP contribution in [0.4, 0.5) is 5.69 Å². The molecule has 0 bridgehead atoms. The summed E-state index contributed by atoms with van der Waals surface area (Å²) in [7, 11) is 0. The molecule has 0 fully saturated rings. The van der Waals surface area contributed by atoms with Crippen LogP contribution in [0.5, 0.6) is 11.5 Å². The summed E-state index contributed by atoms with van der Waals surface area (Å²) in [5.74, 6) is 1.61. The second kappa shape index (κ2) is 8.78. The fourth-order valence-electron chi connectivity index (χ4n) is 3.22. The van der Waals surface area contributed by atoms with Crippen LogP contribution in [0.2, 0.25) is 0 Å². The second-order valence-electron chi connectivity index (χ2n) is 8.57. The fourth-order valence-corrected chi connectivity index (χ4v) is 3.22. The molecule has 2 heterocycles. The van der Waals surface area contributed by atoms with Crippen molar-refractivity contribution in [1.82, 2.24) is 5.43 Å². The number of benzene rings is 2. The quantitative estimate of drug-likeness (QED) is 0.350. The van der Waals surface area contributed by atoms with Gasteiger partial charge in [0.25, 0.3) is 11.6 Å². The lowest BCUT2D eigenvalue weighted by Crippen LogP contribution is -2.42. The number of carbonyl (C=O) groups is 1. The van der Waals surface area contributed by atoms with E-state index >= 15 is 0 Å². The molecular weight excluding hydrogens is 426 g/mol. The Hall–Kier alpha value is -4.14. The summed E-state index contributed by atoms with van der Waals surface area (Å²) in [4.78, 5) is 22.8. The fraction of sp³-hybridized carbons (Fsp3) is 0.250. The van der Waals surface area contributed by atoms with Crippen LogP contribution < -0.4 is 14.9 Å². The molecule has 9 heteroatoms. The van der Waals surface area contributed by atoms with Crippen molar-refractivity contribution >= 4 is 17.8 Å². The van der Waals surface area contributed by atoms with Crippen LogP contribution in [0, 0.1) is 10.1 Å². The average Bonchev–Trinajstić information content (AvgIpc) is 3.26. The van der Waals surface area contributed by atoms with Crippen molar-refractivity contribution in [1.29, 1.82) is 0 Å². The molecule has 1 aliphatic heterocycles. The Bertz CT molecular complexity index is 1210. The van der Waals surface area contributed by atoms with E-state index in [-0.39, 0.29) is 17.7 Å². The number of nitrogens with zero attached hydrogens (tertiary/aromatic N) is 2. The first kappa shape index (κ1) is 22.1. The van der Waals surface area contributed by atoms with Crippen molar-refractivity contribution in [3.05, 3.63) is 76.0 Å². The Morgan fingerprint density at radius 3 is 2.58 bits per heavy atom. The third-order valence-electron chi connectivity index (χ3n) is 5.12. The first-order valence-electron chi connectivity index (χ1n) is 10.3. The molecule has 1 aliphatic rings. The average molecular weight is 449 g/mol. The van der Waals surface area contributed by atoms with E-state index in [1.54, 1.807) is 24.3 Å². The zero-order valence-corrected chi connectivity index (χ0v) is 18.4. The highest BCUT2D eigenvalue weighted by molar-refractivity contribution is 5.84. The molecule has 0 aliphatic carbocycles. The van der Waals surface area contributed by atoms with Crippen LogP contribution in [0.3, 0.4) is 0 Å². The number of hydrazone groups is 1. The van der Waals surface area contributed by atoms with Crippen LogP contribution in [-0.4, -0.2) is 29.8 Å². The minimum atomic E-state index is -0.836. The van der Waals surface area contributed by atoms with Gasteiger partial charge in [-0.3, -0.25) is 14.9 Å². The maximum absolute atomic E-state index is 12.5. The Morgan fingerprint density at radius 1 is 1.12 bits per heavy atom. The van der Waals surface area contributed by atoms with Crippen molar-refractivity contribution < 1.29 is 23.6 Å². The summed E-state index contributed by atoms with van der Waals surface area (Å²) in [6.45, 7) is 6.37. The molecule has 1 aromatic heterocycles. The van der Waals surface area contributed by atoms with Crippen molar-refractivity contribution in [3.63, 3.8) is 0 Å².